The van der Waals surface area contributed by atoms with Gasteiger partial charge in [-0.1, -0.05) is 20.8 Å². The van der Waals surface area contributed by atoms with E-state index in [1.807, 2.05) is 0 Å². The Morgan fingerprint density at radius 2 is 1.89 bits per heavy atom. The van der Waals surface area contributed by atoms with E-state index in [1.165, 1.54) is 0 Å². The Bertz CT molecular complexity index is 298. The molecule has 0 aliphatic carbocycles. The summed E-state index contributed by atoms with van der Waals surface area (Å²) in [5.41, 5.74) is 0. The second kappa shape index (κ2) is 6.71. The fourth-order valence-electron chi connectivity index (χ4n) is 3.32. The molecule has 0 aromatic carbocycles. The van der Waals surface area contributed by atoms with Crippen molar-refractivity contribution in [2.45, 2.75) is 52.1 Å². The van der Waals surface area contributed by atoms with Gasteiger partial charge in [0.15, 0.2) is 0 Å². The second-order valence-corrected chi connectivity index (χ2v) is 6.30. The van der Waals surface area contributed by atoms with Crippen LogP contribution >= 0.6 is 0 Å². The van der Waals surface area contributed by atoms with Crippen molar-refractivity contribution in [3.05, 3.63) is 0 Å². The van der Waals surface area contributed by atoms with Crippen LogP contribution in [0.4, 0.5) is 0 Å². The normalized spacial score (nSPS) is 26.3. The molecule has 2 heterocycles. The van der Waals surface area contributed by atoms with Crippen LogP contribution in [0, 0.1) is 5.92 Å². The summed E-state index contributed by atoms with van der Waals surface area (Å²) in [5.74, 6) is 0.661. The van der Waals surface area contributed by atoms with Crippen molar-refractivity contribution in [3.63, 3.8) is 0 Å². The summed E-state index contributed by atoms with van der Waals surface area (Å²) in [7, 11) is 0. The summed E-state index contributed by atoms with van der Waals surface area (Å²) >= 11 is 0. The largest absolute Gasteiger partial charge is 0.342 e. The molecule has 4 nitrogen and oxygen atoms in total. The lowest BCUT2D eigenvalue weighted by atomic mass is 10.0. The zero-order chi connectivity index (χ0) is 13.8. The Morgan fingerprint density at radius 3 is 2.42 bits per heavy atom. The van der Waals surface area contributed by atoms with Crippen LogP contribution in [0.1, 0.15) is 40.0 Å². The van der Waals surface area contributed by atoms with E-state index in [9.17, 15) is 4.79 Å². The minimum atomic E-state index is 0.259. The fraction of sp³-hybridized carbons (Fsp3) is 0.933. The molecule has 0 aromatic heterocycles. The summed E-state index contributed by atoms with van der Waals surface area (Å²) in [6.07, 6.45) is 3.26. The first-order valence-corrected chi connectivity index (χ1v) is 7.87. The molecule has 0 spiro atoms. The Balaban J connectivity index is 1.76. The van der Waals surface area contributed by atoms with Gasteiger partial charge in [0.1, 0.15) is 0 Å². The molecule has 1 N–H and O–H groups in total. The van der Waals surface area contributed by atoms with Crippen molar-refractivity contribution in [1.82, 2.24) is 15.1 Å². The van der Waals surface area contributed by atoms with Gasteiger partial charge in [-0.3, -0.25) is 4.79 Å². The van der Waals surface area contributed by atoms with Gasteiger partial charge in [0.05, 0.1) is 5.92 Å². The molecule has 110 valence electrons. The monoisotopic (exact) mass is 267 g/mol. The van der Waals surface area contributed by atoms with Gasteiger partial charge in [-0.25, -0.2) is 0 Å². The van der Waals surface area contributed by atoms with E-state index in [0.717, 1.165) is 52.0 Å². The molecule has 1 amide bonds. The highest BCUT2D eigenvalue weighted by atomic mass is 16.2. The molecule has 0 saturated carbocycles. The van der Waals surface area contributed by atoms with Crippen molar-refractivity contribution in [2.75, 3.05) is 32.7 Å². The molecule has 4 heteroatoms. The first-order chi connectivity index (χ1) is 9.10. The predicted octanol–water partition coefficient (Wildman–Crippen LogP) is 1.32. The molecule has 19 heavy (non-hydrogen) atoms. The molecule has 0 aromatic rings. The van der Waals surface area contributed by atoms with Gasteiger partial charge in [-0.05, 0) is 32.4 Å². The third-order valence-corrected chi connectivity index (χ3v) is 4.44. The van der Waals surface area contributed by atoms with Crippen LogP contribution in [0.3, 0.4) is 0 Å². The zero-order valence-electron chi connectivity index (χ0n) is 12.7. The van der Waals surface area contributed by atoms with E-state index in [4.69, 9.17) is 0 Å². The maximum atomic E-state index is 12.5. The van der Waals surface area contributed by atoms with Crippen LogP contribution in [-0.2, 0) is 4.79 Å². The number of nitrogens with zero attached hydrogens (tertiary/aromatic N) is 2. The second-order valence-electron chi connectivity index (χ2n) is 6.30. The zero-order valence-corrected chi connectivity index (χ0v) is 12.7. The highest BCUT2D eigenvalue weighted by molar-refractivity contribution is 5.79. The first-order valence-electron chi connectivity index (χ1n) is 7.87. The molecule has 0 unspecified atom stereocenters. The summed E-state index contributed by atoms with van der Waals surface area (Å²) in [5, 5.41) is 3.58. The van der Waals surface area contributed by atoms with Crippen LogP contribution in [0.25, 0.3) is 0 Å². The molecule has 0 bridgehead atoms. The predicted molar refractivity (Wildman–Crippen MR) is 78.1 cm³/mol. The van der Waals surface area contributed by atoms with Gasteiger partial charge in [0.2, 0.25) is 5.91 Å². The van der Waals surface area contributed by atoms with Crippen LogP contribution in [-0.4, -0.2) is 60.5 Å². The number of carbonyl (C=O) groups is 1. The lowest BCUT2D eigenvalue weighted by molar-refractivity contribution is -0.136. The standard InChI is InChI=1S/C15H29N3O/c1-4-17-8-5-13(11-17)15(19)18-9-6-14(7-10-18)16-12(2)3/h12-14,16H,4-11H2,1-3H3/t13-/m1/s1. The van der Waals surface area contributed by atoms with Crippen molar-refractivity contribution in [3.8, 4) is 0 Å². The topological polar surface area (TPSA) is 35.6 Å². The smallest absolute Gasteiger partial charge is 0.227 e. The van der Waals surface area contributed by atoms with Crippen LogP contribution < -0.4 is 5.32 Å². The van der Waals surface area contributed by atoms with Crippen molar-refractivity contribution < 1.29 is 4.79 Å². The molecule has 2 aliphatic rings. The van der Waals surface area contributed by atoms with Gasteiger partial charge in [-0.15, -0.1) is 0 Å². The fourth-order valence-corrected chi connectivity index (χ4v) is 3.32. The SMILES string of the molecule is CCN1CC[C@@H](C(=O)N2CCC(NC(C)C)CC2)C1. The van der Waals surface area contributed by atoms with Crippen LogP contribution in [0.5, 0.6) is 0 Å². The van der Waals surface area contributed by atoms with E-state index in [-0.39, 0.29) is 5.92 Å². The van der Waals surface area contributed by atoms with Crippen molar-refractivity contribution in [2.24, 2.45) is 5.92 Å². The molecule has 2 aliphatic heterocycles. The van der Waals surface area contributed by atoms with Gasteiger partial charge in [0.25, 0.3) is 0 Å². The molecule has 1 atom stereocenters. The number of amides is 1. The van der Waals surface area contributed by atoms with Crippen molar-refractivity contribution >= 4 is 5.91 Å². The minimum Gasteiger partial charge on any atom is -0.342 e. The number of rotatable bonds is 4. The van der Waals surface area contributed by atoms with Gasteiger partial charge < -0.3 is 15.1 Å². The number of piperidine rings is 1. The summed E-state index contributed by atoms with van der Waals surface area (Å²) in [6.45, 7) is 11.6. The maximum absolute atomic E-state index is 12.5. The summed E-state index contributed by atoms with van der Waals surface area (Å²) in [4.78, 5) is 17.0. The van der Waals surface area contributed by atoms with E-state index in [1.54, 1.807) is 0 Å². The molecule has 2 fully saturated rings. The van der Waals surface area contributed by atoms with E-state index in [2.05, 4.69) is 35.9 Å². The number of nitrogens with one attached hydrogen (secondary N) is 1. The van der Waals surface area contributed by atoms with Gasteiger partial charge in [-0.2, -0.15) is 0 Å². The number of hydrogen-bond donors (Lipinski definition) is 1. The Morgan fingerprint density at radius 1 is 1.21 bits per heavy atom. The van der Waals surface area contributed by atoms with Crippen LogP contribution in [0.2, 0.25) is 0 Å². The lowest BCUT2D eigenvalue weighted by Gasteiger charge is -2.34. The molecular formula is C15H29N3O. The number of carbonyl (C=O) groups excluding carboxylic acids is 1. The van der Waals surface area contributed by atoms with E-state index >= 15 is 0 Å². The average molecular weight is 267 g/mol. The van der Waals surface area contributed by atoms with E-state index in [0.29, 0.717) is 18.0 Å². The third kappa shape index (κ3) is 3.93. The van der Waals surface area contributed by atoms with E-state index < -0.39 is 0 Å². The summed E-state index contributed by atoms with van der Waals surface area (Å²) in [6, 6.07) is 1.14. The lowest BCUT2D eigenvalue weighted by Crippen LogP contribution is -2.48. The maximum Gasteiger partial charge on any atom is 0.227 e. The third-order valence-electron chi connectivity index (χ3n) is 4.44. The van der Waals surface area contributed by atoms with Crippen LogP contribution in [0.15, 0.2) is 0 Å². The highest BCUT2D eigenvalue weighted by Gasteiger charge is 2.32. The quantitative estimate of drug-likeness (QED) is 0.834. The Kier molecular flexibility index (Phi) is 5.22. The molecule has 2 saturated heterocycles. The molecule has 2 rings (SSSR count). The molecular weight excluding hydrogens is 238 g/mol. The number of likely N-dealkylation sites (tertiary alicyclic amines) is 2. The van der Waals surface area contributed by atoms with Gasteiger partial charge in [0, 0.05) is 31.7 Å². The number of hydrogen-bond acceptors (Lipinski definition) is 3. The Labute approximate surface area is 117 Å². The summed E-state index contributed by atoms with van der Waals surface area (Å²) < 4.78 is 0. The van der Waals surface area contributed by atoms with Gasteiger partial charge >= 0.3 is 0 Å². The highest BCUT2D eigenvalue weighted by Crippen LogP contribution is 2.21. The Hall–Kier alpha value is -0.610. The van der Waals surface area contributed by atoms with Crippen molar-refractivity contribution in [1.29, 1.82) is 0 Å². The average Bonchev–Trinajstić information content (AvgIpc) is 2.87. The molecule has 0 radical (unpaired) electrons. The first kappa shape index (κ1) is 14.8. The minimum absolute atomic E-state index is 0.259.